The summed E-state index contributed by atoms with van der Waals surface area (Å²) in [4.78, 5) is 19.6. The third-order valence-corrected chi connectivity index (χ3v) is 9.57. The van der Waals surface area contributed by atoms with Gasteiger partial charge < -0.3 is 9.88 Å². The molecule has 4 nitrogen and oxygen atoms in total. The van der Waals surface area contributed by atoms with Gasteiger partial charge in [0, 0.05) is 10.9 Å². The van der Waals surface area contributed by atoms with E-state index in [4.69, 9.17) is 28.2 Å². The van der Waals surface area contributed by atoms with Gasteiger partial charge >= 0.3 is 0 Å². The van der Waals surface area contributed by atoms with Gasteiger partial charge in [0.1, 0.15) is 17.7 Å². The maximum atomic E-state index is 14.5. The first-order valence-electron chi connectivity index (χ1n) is 13.0. The molecule has 0 saturated heterocycles. The maximum Gasteiger partial charge on any atom is 0.243 e. The van der Waals surface area contributed by atoms with Crippen molar-refractivity contribution in [2.45, 2.75) is 86.9 Å². The van der Waals surface area contributed by atoms with Gasteiger partial charge in [-0.1, -0.05) is 67.8 Å². The van der Waals surface area contributed by atoms with Crippen molar-refractivity contribution < 1.29 is 9.18 Å². The Morgan fingerprint density at radius 3 is 2.39 bits per heavy atom. The number of carbonyl (C=O) groups excluding carboxylic acids is 1. The largest absolute Gasteiger partial charge is 0.352 e. The van der Waals surface area contributed by atoms with Gasteiger partial charge in [0.15, 0.2) is 0 Å². The number of benzene rings is 2. The highest BCUT2D eigenvalue weighted by molar-refractivity contribution is 7.98. The van der Waals surface area contributed by atoms with E-state index < -0.39 is 6.04 Å². The van der Waals surface area contributed by atoms with Crippen LogP contribution in [0.1, 0.15) is 76.1 Å². The molecule has 2 fully saturated rings. The fourth-order valence-electron chi connectivity index (χ4n) is 5.81. The minimum atomic E-state index is -0.420. The Morgan fingerprint density at radius 1 is 1.03 bits per heavy atom. The van der Waals surface area contributed by atoms with E-state index >= 15 is 0 Å². The molecule has 1 N–H and O–H groups in total. The van der Waals surface area contributed by atoms with Crippen LogP contribution in [0, 0.1) is 11.7 Å². The number of nitrogens with one attached hydrogen (secondary N) is 1. The Morgan fingerprint density at radius 2 is 1.69 bits per heavy atom. The van der Waals surface area contributed by atoms with Crippen LogP contribution in [0.4, 0.5) is 4.39 Å². The summed E-state index contributed by atoms with van der Waals surface area (Å²) < 4.78 is 16.5. The minimum Gasteiger partial charge on any atom is -0.352 e. The lowest BCUT2D eigenvalue weighted by molar-refractivity contribution is -0.127. The maximum absolute atomic E-state index is 14.5. The first-order chi connectivity index (χ1) is 17.5. The van der Waals surface area contributed by atoms with E-state index in [9.17, 15) is 9.18 Å². The normalized spacial score (nSPS) is 18.4. The number of imidazole rings is 1. The molecule has 1 atom stereocenters. The predicted octanol–water partition coefficient (Wildman–Crippen LogP) is 8.34. The molecule has 2 aliphatic rings. The van der Waals surface area contributed by atoms with Crippen LogP contribution < -0.4 is 5.32 Å². The summed E-state index contributed by atoms with van der Waals surface area (Å²) in [6, 6.07) is 9.89. The summed E-state index contributed by atoms with van der Waals surface area (Å²) in [6.45, 7) is 0. The number of hydrogen-bond donors (Lipinski definition) is 1. The Kier molecular flexibility index (Phi) is 8.44. The van der Waals surface area contributed by atoms with E-state index in [0.717, 1.165) is 62.1 Å². The van der Waals surface area contributed by atoms with Crippen molar-refractivity contribution in [2.24, 2.45) is 5.92 Å². The molecule has 2 saturated carbocycles. The zero-order valence-electron chi connectivity index (χ0n) is 20.3. The van der Waals surface area contributed by atoms with Crippen molar-refractivity contribution in [3.05, 3.63) is 58.1 Å². The highest BCUT2D eigenvalue weighted by Gasteiger charge is 2.35. The van der Waals surface area contributed by atoms with Crippen molar-refractivity contribution >= 4 is 51.9 Å². The molecule has 1 heterocycles. The third kappa shape index (κ3) is 5.71. The molecule has 0 aliphatic heterocycles. The number of hydrogen-bond acceptors (Lipinski definition) is 3. The summed E-state index contributed by atoms with van der Waals surface area (Å²) in [6.07, 6.45) is 11.0. The number of rotatable bonds is 7. The summed E-state index contributed by atoms with van der Waals surface area (Å²) in [7, 11) is 0. The first-order valence-corrected chi connectivity index (χ1v) is 14.8. The van der Waals surface area contributed by atoms with Gasteiger partial charge in [0.05, 0.1) is 26.8 Å². The summed E-state index contributed by atoms with van der Waals surface area (Å²) >= 11 is 14.4. The Labute approximate surface area is 226 Å². The first kappa shape index (κ1) is 25.9. The molecule has 2 aliphatic carbocycles. The fourth-order valence-corrected chi connectivity index (χ4v) is 7.42. The molecule has 0 radical (unpaired) electrons. The minimum absolute atomic E-state index is 0.0411. The smallest absolute Gasteiger partial charge is 0.243 e. The van der Waals surface area contributed by atoms with Gasteiger partial charge in [-0.3, -0.25) is 4.79 Å². The predicted molar refractivity (Wildman–Crippen MR) is 146 cm³/mol. The molecule has 1 amide bonds. The monoisotopic (exact) mass is 547 g/mol. The van der Waals surface area contributed by atoms with Crippen LogP contribution >= 0.6 is 35.0 Å². The molecule has 1 aromatic heterocycles. The van der Waals surface area contributed by atoms with E-state index in [1.54, 1.807) is 6.07 Å². The van der Waals surface area contributed by atoms with E-state index in [1.165, 1.54) is 36.7 Å². The SMILES string of the molecule is O=C(NC1CCCCC1)C(C1CCCCC1)n1c(CSc2c(Cl)cccc2Cl)nc2ccc(F)cc21. The summed E-state index contributed by atoms with van der Waals surface area (Å²) in [5.74, 6) is 1.12. The molecule has 3 aromatic rings. The Hall–Kier alpha value is -1.76. The standard InChI is InChI=1S/C28H32Cl2FN3OS/c29-21-12-7-13-22(30)27(21)36-17-25-33-23-15-14-19(31)16-24(23)34(25)26(18-8-3-1-4-9-18)28(35)32-20-10-5-2-6-11-20/h7,12-16,18,20,26H,1-6,8-11,17H2,(H,32,35). The van der Waals surface area contributed by atoms with Crippen LogP contribution in [0.25, 0.3) is 11.0 Å². The van der Waals surface area contributed by atoms with Crippen molar-refractivity contribution in [1.82, 2.24) is 14.9 Å². The molecule has 2 aromatic carbocycles. The highest BCUT2D eigenvalue weighted by atomic mass is 35.5. The molecular weight excluding hydrogens is 516 g/mol. The molecule has 36 heavy (non-hydrogen) atoms. The molecule has 0 bridgehead atoms. The van der Waals surface area contributed by atoms with Gasteiger partial charge in [-0.15, -0.1) is 11.8 Å². The number of aromatic nitrogens is 2. The number of fused-ring (bicyclic) bond motifs is 1. The van der Waals surface area contributed by atoms with Crippen molar-refractivity contribution in [3.8, 4) is 0 Å². The number of amides is 1. The lowest BCUT2D eigenvalue weighted by Gasteiger charge is -2.33. The fraction of sp³-hybridized carbons (Fsp3) is 0.500. The van der Waals surface area contributed by atoms with E-state index in [-0.39, 0.29) is 23.7 Å². The Balaban J connectivity index is 1.54. The van der Waals surface area contributed by atoms with Crippen molar-refractivity contribution in [1.29, 1.82) is 0 Å². The Bertz CT molecular complexity index is 1200. The van der Waals surface area contributed by atoms with Crippen LogP contribution in [0.5, 0.6) is 0 Å². The highest BCUT2D eigenvalue weighted by Crippen LogP contribution is 2.40. The second kappa shape index (κ2) is 11.7. The lowest BCUT2D eigenvalue weighted by atomic mass is 9.83. The molecular formula is C28H32Cl2FN3OS. The van der Waals surface area contributed by atoms with Crippen LogP contribution in [0.3, 0.4) is 0 Å². The second-order valence-electron chi connectivity index (χ2n) is 10.1. The van der Waals surface area contributed by atoms with Gasteiger partial charge in [0.25, 0.3) is 0 Å². The molecule has 5 rings (SSSR count). The molecule has 0 spiro atoms. The quantitative estimate of drug-likeness (QED) is 0.302. The van der Waals surface area contributed by atoms with Crippen LogP contribution in [0.2, 0.25) is 10.0 Å². The van der Waals surface area contributed by atoms with Gasteiger partial charge in [-0.2, -0.15) is 0 Å². The zero-order chi connectivity index (χ0) is 25.1. The average Bonchev–Trinajstić information content (AvgIpc) is 3.22. The van der Waals surface area contributed by atoms with Crippen LogP contribution in [-0.4, -0.2) is 21.5 Å². The van der Waals surface area contributed by atoms with E-state index in [2.05, 4.69) is 5.32 Å². The summed E-state index contributed by atoms with van der Waals surface area (Å²) in [5.41, 5.74) is 1.37. The van der Waals surface area contributed by atoms with Gasteiger partial charge in [0.2, 0.25) is 5.91 Å². The number of halogens is 3. The lowest BCUT2D eigenvalue weighted by Crippen LogP contribution is -2.43. The van der Waals surface area contributed by atoms with Crippen molar-refractivity contribution in [2.75, 3.05) is 0 Å². The van der Waals surface area contributed by atoms with Crippen molar-refractivity contribution in [3.63, 3.8) is 0 Å². The van der Waals surface area contributed by atoms with E-state index in [0.29, 0.717) is 26.8 Å². The van der Waals surface area contributed by atoms with Gasteiger partial charge in [-0.25, -0.2) is 9.37 Å². The molecule has 1 unspecified atom stereocenters. The third-order valence-electron chi connectivity index (χ3n) is 7.58. The number of carbonyl (C=O) groups is 1. The average molecular weight is 549 g/mol. The van der Waals surface area contributed by atoms with Crippen LogP contribution in [0.15, 0.2) is 41.3 Å². The zero-order valence-corrected chi connectivity index (χ0v) is 22.6. The molecule has 8 heteroatoms. The molecule has 192 valence electrons. The van der Waals surface area contributed by atoms with E-state index in [1.807, 2.05) is 22.8 Å². The number of thioether (sulfide) groups is 1. The number of nitrogens with zero attached hydrogens (tertiary/aromatic N) is 2. The topological polar surface area (TPSA) is 46.9 Å². The van der Waals surface area contributed by atoms with Gasteiger partial charge in [-0.05, 0) is 61.9 Å². The second-order valence-corrected chi connectivity index (χ2v) is 11.9. The van der Waals surface area contributed by atoms with Crippen LogP contribution in [-0.2, 0) is 10.5 Å². The summed E-state index contributed by atoms with van der Waals surface area (Å²) in [5, 5.41) is 4.54.